The van der Waals surface area contributed by atoms with Crippen LogP contribution in [0, 0.1) is 0 Å². The van der Waals surface area contributed by atoms with E-state index in [0.717, 1.165) is 0 Å². The van der Waals surface area contributed by atoms with Crippen LogP contribution in [0.15, 0.2) is 24.3 Å². The van der Waals surface area contributed by atoms with Crippen molar-refractivity contribution in [2.24, 2.45) is 0 Å². The van der Waals surface area contributed by atoms with Crippen molar-refractivity contribution in [3.8, 4) is 5.75 Å². The predicted molar refractivity (Wildman–Crippen MR) is 78.7 cm³/mol. The molecule has 2 atom stereocenters. The normalized spacial score (nSPS) is 21.0. The lowest BCUT2D eigenvalue weighted by molar-refractivity contribution is -0.163. The summed E-state index contributed by atoms with van der Waals surface area (Å²) in [7, 11) is 1.56. The van der Waals surface area contributed by atoms with Crippen molar-refractivity contribution < 1.29 is 33.3 Å². The van der Waals surface area contributed by atoms with E-state index in [-0.39, 0.29) is 13.2 Å². The maximum absolute atomic E-state index is 12.0. The molecule has 7 nitrogen and oxygen atoms in total. The van der Waals surface area contributed by atoms with Crippen LogP contribution in [0.2, 0.25) is 0 Å². The first-order valence-corrected chi connectivity index (χ1v) is 7.38. The van der Waals surface area contributed by atoms with Crippen LogP contribution in [0.25, 0.3) is 0 Å². The quantitative estimate of drug-likeness (QED) is 0.735. The lowest BCUT2D eigenvalue weighted by atomic mass is 10.2. The molecule has 0 radical (unpaired) electrons. The minimum Gasteiger partial charge on any atom is -0.497 e. The fraction of sp³-hybridized carbons (Fsp3) is 0.500. The lowest BCUT2D eigenvalue weighted by Gasteiger charge is -2.13. The average Bonchev–Trinajstić information content (AvgIpc) is 3.01. The smallest absolute Gasteiger partial charge is 0.338 e. The Balaban J connectivity index is 2.17. The summed E-state index contributed by atoms with van der Waals surface area (Å²) in [6.07, 6.45) is -3.16. The van der Waals surface area contributed by atoms with Gasteiger partial charge in [0.25, 0.3) is 0 Å². The molecule has 0 N–H and O–H groups in total. The molecular weight excluding hydrogens is 304 g/mol. The fourth-order valence-electron chi connectivity index (χ4n) is 2.17. The maximum Gasteiger partial charge on any atom is 0.338 e. The van der Waals surface area contributed by atoms with Crippen molar-refractivity contribution in [3.05, 3.63) is 29.8 Å². The van der Waals surface area contributed by atoms with E-state index in [0.29, 0.717) is 11.3 Å². The number of hydrogen-bond donors (Lipinski definition) is 0. The monoisotopic (exact) mass is 324 g/mol. The van der Waals surface area contributed by atoms with Crippen LogP contribution in [0.3, 0.4) is 0 Å². The SMILES string of the molecule is CCOC(=O)[C@H]1OC(c2ccc(OC)cc2)O[C@@H]1C(=O)OCC. The molecule has 0 spiro atoms. The van der Waals surface area contributed by atoms with Crippen LogP contribution < -0.4 is 4.74 Å². The van der Waals surface area contributed by atoms with Crippen LogP contribution in [-0.4, -0.2) is 44.5 Å². The number of carbonyl (C=O) groups excluding carboxylic acids is 2. The number of carbonyl (C=O) groups is 2. The number of rotatable bonds is 6. The first-order valence-electron chi connectivity index (χ1n) is 7.38. The molecule has 1 aliphatic heterocycles. The number of esters is 2. The molecule has 7 heteroatoms. The molecule has 1 aliphatic rings. The summed E-state index contributed by atoms with van der Waals surface area (Å²) in [4.78, 5) is 24.0. The highest BCUT2D eigenvalue weighted by Gasteiger charge is 2.47. The highest BCUT2D eigenvalue weighted by atomic mass is 16.8. The molecule has 1 aromatic rings. The highest BCUT2D eigenvalue weighted by molar-refractivity contribution is 5.86. The first-order chi connectivity index (χ1) is 11.1. The van der Waals surface area contributed by atoms with Gasteiger partial charge in [-0.3, -0.25) is 0 Å². The third kappa shape index (κ3) is 4.00. The molecule has 1 aromatic carbocycles. The molecule has 126 valence electrons. The van der Waals surface area contributed by atoms with E-state index in [9.17, 15) is 9.59 Å². The van der Waals surface area contributed by atoms with E-state index in [2.05, 4.69) is 0 Å². The van der Waals surface area contributed by atoms with Gasteiger partial charge < -0.3 is 23.7 Å². The maximum atomic E-state index is 12.0. The summed E-state index contributed by atoms with van der Waals surface area (Å²) in [5.74, 6) is -0.626. The van der Waals surface area contributed by atoms with Gasteiger partial charge in [-0.05, 0) is 26.0 Å². The second-order valence-electron chi connectivity index (χ2n) is 4.72. The van der Waals surface area contributed by atoms with Gasteiger partial charge >= 0.3 is 11.9 Å². The van der Waals surface area contributed by atoms with Gasteiger partial charge in [-0.1, -0.05) is 12.1 Å². The molecule has 0 amide bonds. The summed E-state index contributed by atoms with van der Waals surface area (Å²) in [6, 6.07) is 6.94. The molecule has 23 heavy (non-hydrogen) atoms. The van der Waals surface area contributed by atoms with Crippen LogP contribution >= 0.6 is 0 Å². The van der Waals surface area contributed by atoms with Crippen molar-refractivity contribution in [1.82, 2.24) is 0 Å². The van der Waals surface area contributed by atoms with Crippen LogP contribution in [0.5, 0.6) is 5.75 Å². The van der Waals surface area contributed by atoms with Crippen molar-refractivity contribution in [2.75, 3.05) is 20.3 Å². The second kappa shape index (κ2) is 7.94. The molecule has 1 saturated heterocycles. The molecule has 2 rings (SSSR count). The van der Waals surface area contributed by atoms with Gasteiger partial charge in [0, 0.05) is 5.56 Å². The van der Waals surface area contributed by atoms with Gasteiger partial charge in [0.1, 0.15) is 5.75 Å². The number of ether oxygens (including phenoxy) is 5. The minimum absolute atomic E-state index is 0.182. The molecule has 0 aliphatic carbocycles. The Labute approximate surface area is 134 Å². The van der Waals surface area contributed by atoms with E-state index in [1.165, 1.54) is 0 Å². The number of hydrogen-bond acceptors (Lipinski definition) is 7. The van der Waals surface area contributed by atoms with Gasteiger partial charge in [0.2, 0.25) is 0 Å². The summed E-state index contributed by atoms with van der Waals surface area (Å²) in [5, 5.41) is 0. The molecule has 0 unspecified atom stereocenters. The third-order valence-electron chi connectivity index (χ3n) is 3.24. The Bertz CT molecular complexity index is 514. The van der Waals surface area contributed by atoms with Gasteiger partial charge in [0.15, 0.2) is 18.5 Å². The van der Waals surface area contributed by atoms with Crippen molar-refractivity contribution in [2.45, 2.75) is 32.3 Å². The van der Waals surface area contributed by atoms with Gasteiger partial charge in [-0.15, -0.1) is 0 Å². The molecular formula is C16H20O7. The minimum atomic E-state index is -1.15. The van der Waals surface area contributed by atoms with Crippen LogP contribution in [0.4, 0.5) is 0 Å². The summed E-state index contributed by atoms with van der Waals surface area (Å²) < 4.78 is 26.1. The summed E-state index contributed by atoms with van der Waals surface area (Å²) in [5.41, 5.74) is 0.659. The summed E-state index contributed by atoms with van der Waals surface area (Å²) in [6.45, 7) is 3.71. The van der Waals surface area contributed by atoms with E-state index < -0.39 is 30.4 Å². The van der Waals surface area contributed by atoms with Crippen molar-refractivity contribution in [3.63, 3.8) is 0 Å². The zero-order valence-electron chi connectivity index (χ0n) is 13.3. The standard InChI is InChI=1S/C16H20O7/c1-4-20-14(17)12-13(15(18)21-5-2)23-16(22-12)10-6-8-11(19-3)9-7-10/h6-9,12-13,16H,4-5H2,1-3H3/t12-,13-/m0/s1. The van der Waals surface area contributed by atoms with Gasteiger partial charge in [-0.25, -0.2) is 9.59 Å². The highest BCUT2D eigenvalue weighted by Crippen LogP contribution is 2.33. The lowest BCUT2D eigenvalue weighted by Crippen LogP contribution is -2.39. The zero-order chi connectivity index (χ0) is 16.8. The fourth-order valence-corrected chi connectivity index (χ4v) is 2.17. The third-order valence-corrected chi connectivity index (χ3v) is 3.24. The molecule has 1 heterocycles. The Morgan fingerprint density at radius 2 is 1.43 bits per heavy atom. The average molecular weight is 324 g/mol. The second-order valence-corrected chi connectivity index (χ2v) is 4.72. The molecule has 0 bridgehead atoms. The Kier molecular flexibility index (Phi) is 5.95. The van der Waals surface area contributed by atoms with E-state index in [1.54, 1.807) is 45.2 Å². The Morgan fingerprint density at radius 1 is 0.957 bits per heavy atom. The summed E-state index contributed by atoms with van der Waals surface area (Å²) >= 11 is 0. The molecule has 1 fully saturated rings. The predicted octanol–water partition coefficient (Wildman–Crippen LogP) is 1.60. The molecule has 0 aromatic heterocycles. The van der Waals surface area contributed by atoms with Gasteiger partial charge in [-0.2, -0.15) is 0 Å². The number of benzene rings is 1. The first kappa shape index (κ1) is 17.2. The topological polar surface area (TPSA) is 80.3 Å². The van der Waals surface area contributed by atoms with Gasteiger partial charge in [0.05, 0.1) is 20.3 Å². The van der Waals surface area contributed by atoms with Crippen LogP contribution in [-0.2, 0) is 28.5 Å². The Hall–Kier alpha value is -2.12. The van der Waals surface area contributed by atoms with Crippen LogP contribution in [0.1, 0.15) is 25.7 Å². The van der Waals surface area contributed by atoms with E-state index in [4.69, 9.17) is 23.7 Å². The van der Waals surface area contributed by atoms with Crippen molar-refractivity contribution >= 4 is 11.9 Å². The van der Waals surface area contributed by atoms with E-state index >= 15 is 0 Å². The molecule has 0 saturated carbocycles. The number of methoxy groups -OCH3 is 1. The Morgan fingerprint density at radius 3 is 1.83 bits per heavy atom. The van der Waals surface area contributed by atoms with Crippen molar-refractivity contribution in [1.29, 1.82) is 0 Å². The van der Waals surface area contributed by atoms with E-state index in [1.807, 2.05) is 0 Å². The zero-order valence-corrected chi connectivity index (χ0v) is 13.3. The largest absolute Gasteiger partial charge is 0.497 e.